The van der Waals surface area contributed by atoms with E-state index in [1.807, 2.05) is 13.0 Å². The summed E-state index contributed by atoms with van der Waals surface area (Å²) in [5.74, 6) is 1.69. The van der Waals surface area contributed by atoms with Crippen LogP contribution in [0.4, 0.5) is 4.79 Å². The molecular formula is C25H24N2O7S. The molecule has 0 bridgehead atoms. The summed E-state index contributed by atoms with van der Waals surface area (Å²) in [6, 6.07) is 10.6. The van der Waals surface area contributed by atoms with Crippen LogP contribution in [0.5, 0.6) is 23.0 Å². The topological polar surface area (TPSA) is 103 Å². The Morgan fingerprint density at radius 3 is 2.71 bits per heavy atom. The maximum Gasteiger partial charge on any atom is 0.293 e. The summed E-state index contributed by atoms with van der Waals surface area (Å²) in [7, 11) is 1.54. The quantitative estimate of drug-likeness (QED) is 0.525. The first kappa shape index (κ1) is 24.2. The van der Waals surface area contributed by atoms with Crippen LogP contribution in [0.15, 0.2) is 47.4 Å². The third-order valence-corrected chi connectivity index (χ3v) is 6.02. The molecule has 2 heterocycles. The molecule has 1 fully saturated rings. The van der Waals surface area contributed by atoms with Gasteiger partial charge in [0, 0.05) is 19.2 Å². The second kappa shape index (κ2) is 11.0. The van der Waals surface area contributed by atoms with Crippen LogP contribution in [0, 0.1) is 0 Å². The van der Waals surface area contributed by atoms with Crippen LogP contribution in [-0.4, -0.2) is 55.6 Å². The van der Waals surface area contributed by atoms with Crippen molar-refractivity contribution < 1.29 is 33.3 Å². The van der Waals surface area contributed by atoms with Gasteiger partial charge in [0.1, 0.15) is 0 Å². The van der Waals surface area contributed by atoms with E-state index in [0.717, 1.165) is 22.2 Å². The number of benzene rings is 2. The van der Waals surface area contributed by atoms with Gasteiger partial charge in [-0.3, -0.25) is 19.3 Å². The van der Waals surface area contributed by atoms with Crippen molar-refractivity contribution in [1.82, 2.24) is 10.2 Å². The van der Waals surface area contributed by atoms with Gasteiger partial charge in [0.05, 0.1) is 18.6 Å². The molecular weight excluding hydrogens is 472 g/mol. The first-order chi connectivity index (χ1) is 17.0. The molecule has 182 valence electrons. The molecule has 0 spiro atoms. The molecule has 0 aromatic heterocycles. The Morgan fingerprint density at radius 1 is 1.11 bits per heavy atom. The largest absolute Gasteiger partial charge is 0.493 e. The minimum atomic E-state index is -0.405. The summed E-state index contributed by atoms with van der Waals surface area (Å²) in [4.78, 5) is 38.7. The molecule has 35 heavy (non-hydrogen) atoms. The van der Waals surface area contributed by atoms with Gasteiger partial charge in [-0.05, 0) is 66.2 Å². The molecule has 0 saturated carbocycles. The minimum Gasteiger partial charge on any atom is -0.493 e. The van der Waals surface area contributed by atoms with Crippen molar-refractivity contribution >= 4 is 41.0 Å². The van der Waals surface area contributed by atoms with E-state index in [2.05, 4.69) is 5.32 Å². The van der Waals surface area contributed by atoms with Crippen LogP contribution in [0.2, 0.25) is 0 Å². The molecule has 2 aliphatic rings. The highest BCUT2D eigenvalue weighted by atomic mass is 32.2. The van der Waals surface area contributed by atoms with E-state index < -0.39 is 5.91 Å². The van der Waals surface area contributed by atoms with E-state index in [4.69, 9.17) is 18.9 Å². The molecule has 9 nitrogen and oxygen atoms in total. The Bertz CT molecular complexity index is 1210. The predicted molar refractivity (Wildman–Crippen MR) is 131 cm³/mol. The first-order valence-corrected chi connectivity index (χ1v) is 11.7. The lowest BCUT2D eigenvalue weighted by molar-refractivity contribution is -0.123. The summed E-state index contributed by atoms with van der Waals surface area (Å²) in [6.45, 7) is 2.76. The van der Waals surface area contributed by atoms with Crippen LogP contribution >= 0.6 is 11.8 Å². The molecule has 10 heteroatoms. The first-order valence-electron chi connectivity index (χ1n) is 10.9. The number of methoxy groups -OCH3 is 1. The van der Waals surface area contributed by atoms with Gasteiger partial charge in [-0.25, -0.2) is 0 Å². The molecule has 0 unspecified atom stereocenters. The van der Waals surface area contributed by atoms with E-state index in [-0.39, 0.29) is 31.0 Å². The predicted octanol–water partition coefficient (Wildman–Crippen LogP) is 3.69. The zero-order valence-corrected chi connectivity index (χ0v) is 20.1. The third-order valence-electron chi connectivity index (χ3n) is 5.12. The second-order valence-electron chi connectivity index (χ2n) is 7.41. The standard InChI is InChI=1S/C25H24N2O7S/c1-3-32-18-8-5-17(13-20(18)31-2)14-22-24(29)27(25(30)35-22)11-10-26-23(28)9-6-16-4-7-19-21(12-16)34-15-33-19/h4-9,12-14H,3,10-11,15H2,1-2H3,(H,26,28). The van der Waals surface area contributed by atoms with Gasteiger partial charge in [0.15, 0.2) is 23.0 Å². The van der Waals surface area contributed by atoms with Crippen molar-refractivity contribution in [1.29, 1.82) is 0 Å². The minimum absolute atomic E-state index is 0.0677. The Hall–Kier alpha value is -3.92. The Balaban J connectivity index is 1.31. The van der Waals surface area contributed by atoms with Crippen LogP contribution < -0.4 is 24.3 Å². The maximum atomic E-state index is 12.7. The zero-order valence-electron chi connectivity index (χ0n) is 19.2. The molecule has 0 aliphatic carbocycles. The fraction of sp³-hybridized carbons (Fsp3) is 0.240. The van der Waals surface area contributed by atoms with Gasteiger partial charge < -0.3 is 24.3 Å². The van der Waals surface area contributed by atoms with Gasteiger partial charge in [-0.1, -0.05) is 12.1 Å². The Kier molecular flexibility index (Phi) is 7.61. The number of hydrogen-bond donors (Lipinski definition) is 1. The van der Waals surface area contributed by atoms with Crippen molar-refractivity contribution in [3.05, 3.63) is 58.5 Å². The normalized spacial score (nSPS) is 15.8. The molecule has 0 atom stereocenters. The summed E-state index contributed by atoms with van der Waals surface area (Å²) in [5, 5.41) is 2.30. The van der Waals surface area contributed by atoms with Gasteiger partial charge in [-0.2, -0.15) is 0 Å². The molecule has 1 saturated heterocycles. The van der Waals surface area contributed by atoms with Gasteiger partial charge in [-0.15, -0.1) is 0 Å². The average Bonchev–Trinajstić information content (AvgIpc) is 3.43. The number of nitrogens with zero attached hydrogens (tertiary/aromatic N) is 1. The summed E-state index contributed by atoms with van der Waals surface area (Å²) >= 11 is 0.858. The Morgan fingerprint density at radius 2 is 1.91 bits per heavy atom. The molecule has 1 N–H and O–H groups in total. The SMILES string of the molecule is CCOc1ccc(C=C2SC(=O)N(CCNC(=O)C=Cc3ccc4c(c3)OCO4)C2=O)cc1OC. The highest BCUT2D eigenvalue weighted by Crippen LogP contribution is 2.35. The van der Waals surface area contributed by atoms with Crippen molar-refractivity contribution in [3.63, 3.8) is 0 Å². The lowest BCUT2D eigenvalue weighted by atomic mass is 10.2. The number of ether oxygens (including phenoxy) is 4. The fourth-order valence-electron chi connectivity index (χ4n) is 3.43. The van der Waals surface area contributed by atoms with Gasteiger partial charge in [0.25, 0.3) is 11.1 Å². The van der Waals surface area contributed by atoms with Gasteiger partial charge in [0.2, 0.25) is 12.7 Å². The summed E-state index contributed by atoms with van der Waals surface area (Å²) in [6.07, 6.45) is 4.66. The van der Waals surface area contributed by atoms with E-state index >= 15 is 0 Å². The summed E-state index contributed by atoms with van der Waals surface area (Å²) < 4.78 is 21.4. The van der Waals surface area contributed by atoms with Crippen LogP contribution in [0.25, 0.3) is 12.2 Å². The van der Waals surface area contributed by atoms with Crippen LogP contribution in [-0.2, 0) is 9.59 Å². The van der Waals surface area contributed by atoms with Crippen molar-refractivity contribution in [2.24, 2.45) is 0 Å². The van der Waals surface area contributed by atoms with Crippen LogP contribution in [0.3, 0.4) is 0 Å². The lowest BCUT2D eigenvalue weighted by Gasteiger charge is -2.12. The Labute approximate surface area is 206 Å². The van der Waals surface area contributed by atoms with Gasteiger partial charge >= 0.3 is 0 Å². The number of thioether (sulfide) groups is 1. The number of carbonyl (C=O) groups is 3. The average molecular weight is 497 g/mol. The fourth-order valence-corrected chi connectivity index (χ4v) is 4.30. The number of hydrogen-bond acceptors (Lipinski definition) is 8. The molecule has 3 amide bonds. The smallest absolute Gasteiger partial charge is 0.293 e. The van der Waals surface area contributed by atoms with E-state index in [1.54, 1.807) is 42.5 Å². The number of rotatable bonds is 9. The van der Waals surface area contributed by atoms with E-state index in [9.17, 15) is 14.4 Å². The molecule has 0 radical (unpaired) electrons. The van der Waals surface area contributed by atoms with Crippen molar-refractivity contribution in [2.75, 3.05) is 33.6 Å². The number of imide groups is 1. The van der Waals surface area contributed by atoms with E-state index in [0.29, 0.717) is 40.1 Å². The highest BCUT2D eigenvalue weighted by Gasteiger charge is 2.34. The number of fused-ring (bicyclic) bond motifs is 1. The van der Waals surface area contributed by atoms with Crippen LogP contribution in [0.1, 0.15) is 18.1 Å². The number of amides is 3. The van der Waals surface area contributed by atoms with Crippen molar-refractivity contribution in [3.8, 4) is 23.0 Å². The molecule has 2 aromatic rings. The molecule has 4 rings (SSSR count). The second-order valence-corrected chi connectivity index (χ2v) is 8.41. The van der Waals surface area contributed by atoms with E-state index in [1.165, 1.54) is 13.2 Å². The zero-order chi connectivity index (χ0) is 24.8. The molecule has 2 aliphatic heterocycles. The third kappa shape index (κ3) is 5.78. The maximum absolute atomic E-state index is 12.7. The molecule has 2 aromatic carbocycles. The number of carbonyl (C=O) groups excluding carboxylic acids is 3. The summed E-state index contributed by atoms with van der Waals surface area (Å²) in [5.41, 5.74) is 1.49. The monoisotopic (exact) mass is 496 g/mol. The number of nitrogens with one attached hydrogen (secondary N) is 1. The highest BCUT2D eigenvalue weighted by molar-refractivity contribution is 8.18. The van der Waals surface area contributed by atoms with Crippen molar-refractivity contribution in [2.45, 2.75) is 6.92 Å². The lowest BCUT2D eigenvalue weighted by Crippen LogP contribution is -2.36.